The predicted molar refractivity (Wildman–Crippen MR) is 125 cm³/mol. The van der Waals surface area contributed by atoms with Crippen LogP contribution in [0.1, 0.15) is 22.9 Å². The van der Waals surface area contributed by atoms with Crippen molar-refractivity contribution < 1.29 is 9.53 Å². The van der Waals surface area contributed by atoms with Crippen LogP contribution in [0.3, 0.4) is 0 Å². The monoisotopic (exact) mass is 445 g/mol. The van der Waals surface area contributed by atoms with Gasteiger partial charge in [0.05, 0.1) is 18.8 Å². The van der Waals surface area contributed by atoms with Crippen LogP contribution in [0.2, 0.25) is 0 Å². The van der Waals surface area contributed by atoms with Gasteiger partial charge in [0.25, 0.3) is 0 Å². The van der Waals surface area contributed by atoms with E-state index in [2.05, 4.69) is 20.5 Å². The van der Waals surface area contributed by atoms with Crippen LogP contribution in [0.5, 0.6) is 5.75 Å². The summed E-state index contributed by atoms with van der Waals surface area (Å²) < 4.78 is 7.43. The molecule has 0 spiro atoms. The molecule has 4 rings (SSSR count). The highest BCUT2D eigenvalue weighted by Gasteiger charge is 2.20. The van der Waals surface area contributed by atoms with Gasteiger partial charge in [-0.3, -0.25) is 19.4 Å². The highest BCUT2D eigenvalue weighted by molar-refractivity contribution is 7.71. The van der Waals surface area contributed by atoms with Crippen molar-refractivity contribution in [1.82, 2.24) is 25.1 Å². The Labute approximate surface area is 191 Å². The molecule has 0 saturated carbocycles. The minimum absolute atomic E-state index is 0.0198. The number of rotatable bonds is 7. The van der Waals surface area contributed by atoms with Crippen molar-refractivity contribution in [3.63, 3.8) is 0 Å². The second-order valence-electron chi connectivity index (χ2n) is 7.34. The minimum Gasteiger partial charge on any atom is -0.497 e. The Balaban J connectivity index is 1.63. The zero-order chi connectivity index (χ0) is 22.5. The Morgan fingerprint density at radius 1 is 1.16 bits per heavy atom. The Kier molecular flexibility index (Phi) is 6.42. The first-order valence-electron chi connectivity index (χ1n) is 10.1. The maximum Gasteiger partial charge on any atom is 0.240 e. The van der Waals surface area contributed by atoms with E-state index in [0.717, 1.165) is 22.4 Å². The first-order valence-corrected chi connectivity index (χ1v) is 10.5. The molecule has 0 fully saturated rings. The highest BCUT2D eigenvalue weighted by atomic mass is 32.1. The molecule has 4 aromatic rings. The molecule has 2 aromatic carbocycles. The molecule has 2 aromatic heterocycles. The molecule has 0 aliphatic carbocycles. The first kappa shape index (κ1) is 21.5. The van der Waals surface area contributed by atoms with E-state index >= 15 is 0 Å². The van der Waals surface area contributed by atoms with Crippen molar-refractivity contribution in [3.8, 4) is 17.1 Å². The Morgan fingerprint density at radius 2 is 2.00 bits per heavy atom. The molecule has 0 radical (unpaired) electrons. The third-order valence-electron chi connectivity index (χ3n) is 5.05. The zero-order valence-corrected chi connectivity index (χ0v) is 18.6. The molecule has 1 amide bonds. The highest BCUT2D eigenvalue weighted by Crippen LogP contribution is 2.24. The number of aromatic nitrogens is 4. The third-order valence-corrected chi connectivity index (χ3v) is 5.36. The summed E-state index contributed by atoms with van der Waals surface area (Å²) in [6, 6.07) is 20.7. The van der Waals surface area contributed by atoms with Crippen molar-refractivity contribution in [1.29, 1.82) is 0 Å². The maximum atomic E-state index is 13.1. The van der Waals surface area contributed by atoms with Gasteiger partial charge in [-0.1, -0.05) is 42.0 Å². The molecular formula is C24H23N5O2S. The number of H-pyrrole nitrogens is 1. The lowest BCUT2D eigenvalue weighted by atomic mass is 10.0. The van der Waals surface area contributed by atoms with Crippen molar-refractivity contribution in [2.75, 3.05) is 7.11 Å². The van der Waals surface area contributed by atoms with Gasteiger partial charge < -0.3 is 10.1 Å². The van der Waals surface area contributed by atoms with Gasteiger partial charge in [-0.2, -0.15) is 5.10 Å². The van der Waals surface area contributed by atoms with Crippen LogP contribution < -0.4 is 10.1 Å². The number of hydrogen-bond acceptors (Lipinski definition) is 5. The second-order valence-corrected chi connectivity index (χ2v) is 7.73. The molecule has 0 aliphatic heterocycles. The fraction of sp³-hybridized carbons (Fsp3) is 0.167. The quantitative estimate of drug-likeness (QED) is 0.416. The molecule has 162 valence electrons. The number of methoxy groups -OCH3 is 1. The summed E-state index contributed by atoms with van der Waals surface area (Å²) in [6.07, 6.45) is 1.71. The van der Waals surface area contributed by atoms with Gasteiger partial charge in [0, 0.05) is 11.8 Å². The lowest BCUT2D eigenvalue weighted by Crippen LogP contribution is -2.33. The summed E-state index contributed by atoms with van der Waals surface area (Å²) in [4.78, 5) is 17.6. The average Bonchev–Trinajstić information content (AvgIpc) is 3.18. The van der Waals surface area contributed by atoms with E-state index in [-0.39, 0.29) is 12.5 Å². The molecule has 0 bridgehead atoms. The number of nitrogens with zero attached hydrogens (tertiary/aromatic N) is 3. The van der Waals surface area contributed by atoms with Crippen LogP contribution >= 0.6 is 12.2 Å². The zero-order valence-electron chi connectivity index (χ0n) is 17.8. The number of aryl methyl sites for hydroxylation is 1. The van der Waals surface area contributed by atoms with Gasteiger partial charge >= 0.3 is 0 Å². The summed E-state index contributed by atoms with van der Waals surface area (Å²) in [5.74, 6) is 1.11. The summed E-state index contributed by atoms with van der Waals surface area (Å²) in [7, 11) is 1.61. The summed E-state index contributed by atoms with van der Waals surface area (Å²) in [5.41, 5.74) is 3.58. The predicted octanol–water partition coefficient (Wildman–Crippen LogP) is 4.23. The Bertz CT molecular complexity index is 1280. The molecule has 8 heteroatoms. The van der Waals surface area contributed by atoms with Crippen LogP contribution in [-0.2, 0) is 11.3 Å². The number of hydrogen-bond donors (Lipinski definition) is 2. The fourth-order valence-corrected chi connectivity index (χ4v) is 3.71. The largest absolute Gasteiger partial charge is 0.497 e. The van der Waals surface area contributed by atoms with E-state index in [1.807, 2.05) is 73.7 Å². The van der Waals surface area contributed by atoms with Gasteiger partial charge in [0.1, 0.15) is 12.3 Å². The number of benzene rings is 2. The van der Waals surface area contributed by atoms with Crippen LogP contribution in [0.15, 0.2) is 72.9 Å². The van der Waals surface area contributed by atoms with Gasteiger partial charge in [-0.15, -0.1) is 0 Å². The molecule has 2 N–H and O–H groups in total. The first-order chi connectivity index (χ1) is 15.5. The lowest BCUT2D eigenvalue weighted by molar-refractivity contribution is -0.122. The molecule has 32 heavy (non-hydrogen) atoms. The Morgan fingerprint density at radius 3 is 2.75 bits per heavy atom. The van der Waals surface area contributed by atoms with Crippen LogP contribution in [0.25, 0.3) is 11.4 Å². The molecule has 7 nitrogen and oxygen atoms in total. The van der Waals surface area contributed by atoms with Gasteiger partial charge in [0.2, 0.25) is 5.91 Å². The van der Waals surface area contributed by atoms with Crippen molar-refractivity contribution in [2.24, 2.45) is 0 Å². The van der Waals surface area contributed by atoms with E-state index in [9.17, 15) is 4.79 Å². The number of amides is 1. The van der Waals surface area contributed by atoms with Gasteiger partial charge in [-0.05, 0) is 55.0 Å². The van der Waals surface area contributed by atoms with E-state index < -0.39 is 6.04 Å². The van der Waals surface area contributed by atoms with Crippen LogP contribution in [-0.4, -0.2) is 32.8 Å². The second kappa shape index (κ2) is 9.57. The molecule has 2 heterocycles. The number of carbonyl (C=O) groups excluding carboxylic acids is 1. The van der Waals surface area contributed by atoms with Crippen molar-refractivity contribution in [2.45, 2.75) is 19.5 Å². The van der Waals surface area contributed by atoms with Crippen LogP contribution in [0.4, 0.5) is 0 Å². The van der Waals surface area contributed by atoms with E-state index in [4.69, 9.17) is 17.0 Å². The Hall–Kier alpha value is -3.78. The van der Waals surface area contributed by atoms with E-state index in [0.29, 0.717) is 16.3 Å². The lowest BCUT2D eigenvalue weighted by Gasteiger charge is -2.20. The number of nitrogens with one attached hydrogen (secondary N) is 2. The van der Waals surface area contributed by atoms with Crippen molar-refractivity contribution >= 4 is 18.1 Å². The smallest absolute Gasteiger partial charge is 0.240 e. The molecule has 0 saturated heterocycles. The topological polar surface area (TPSA) is 84.8 Å². The standard InChI is InChI=1S/C24H23N5O2S/c1-16-7-5-9-18(13-16)23-27-28-24(32)29(23)15-21(30)26-22(20-11-3-4-12-25-20)17-8-6-10-19(14-17)31-2/h3-14,22H,15H2,1-2H3,(H,26,30)(H,28,32)/t22-/m1/s1. The number of pyridine rings is 1. The third kappa shape index (κ3) is 4.76. The molecule has 1 atom stereocenters. The summed E-state index contributed by atoms with van der Waals surface area (Å²) in [6.45, 7) is 2.03. The van der Waals surface area contributed by atoms with E-state index in [1.54, 1.807) is 17.9 Å². The van der Waals surface area contributed by atoms with Crippen molar-refractivity contribution in [3.05, 3.63) is 94.5 Å². The number of ether oxygens (including phenoxy) is 1. The molecule has 0 unspecified atom stereocenters. The molecular weight excluding hydrogens is 422 g/mol. The minimum atomic E-state index is -0.442. The van der Waals surface area contributed by atoms with Gasteiger partial charge in [-0.25, -0.2) is 0 Å². The normalized spacial score (nSPS) is 11.7. The molecule has 0 aliphatic rings. The summed E-state index contributed by atoms with van der Waals surface area (Å²) >= 11 is 5.39. The SMILES string of the molecule is COc1cccc([C@@H](NC(=O)Cn2c(-c3cccc(C)c3)n[nH]c2=S)c2ccccn2)c1. The van der Waals surface area contributed by atoms with Crippen LogP contribution in [0, 0.1) is 11.7 Å². The van der Waals surface area contributed by atoms with E-state index in [1.165, 1.54) is 0 Å². The summed E-state index contributed by atoms with van der Waals surface area (Å²) in [5, 5.41) is 10.2. The number of aromatic amines is 1. The number of carbonyl (C=O) groups is 1. The fourth-order valence-electron chi connectivity index (χ4n) is 3.51. The van der Waals surface area contributed by atoms with Gasteiger partial charge in [0.15, 0.2) is 10.6 Å². The average molecular weight is 446 g/mol. The maximum absolute atomic E-state index is 13.1.